The van der Waals surface area contributed by atoms with Gasteiger partial charge in [0, 0.05) is 12.1 Å². The molecule has 4 N–H and O–H groups in total. The number of rotatable bonds is 3. The monoisotopic (exact) mass is 176 g/mol. The Hall–Kier alpha value is -1.61. The van der Waals surface area contributed by atoms with Gasteiger partial charge in [0.2, 0.25) is 5.91 Å². The van der Waals surface area contributed by atoms with Crippen molar-refractivity contribution in [1.82, 2.24) is 0 Å². The average molecular weight is 176 g/mol. The lowest BCUT2D eigenvalue weighted by Gasteiger charge is -1.95. The molecule has 0 spiro atoms. The number of hydrogen-bond donors (Lipinski definition) is 2. The minimum Gasteiger partial charge on any atom is -0.366 e. The fourth-order valence-corrected chi connectivity index (χ4v) is 0.963. The first kappa shape index (κ1) is 9.48. The van der Waals surface area contributed by atoms with Gasteiger partial charge in [-0.3, -0.25) is 4.79 Å². The predicted octanol–water partition coefficient (Wildman–Crippen LogP) is 0.757. The summed E-state index contributed by atoms with van der Waals surface area (Å²) in [5.41, 5.74) is 11.9. The van der Waals surface area contributed by atoms with E-state index in [1.807, 2.05) is 24.3 Å². The lowest BCUT2D eigenvalue weighted by molar-refractivity contribution is 0.100. The summed E-state index contributed by atoms with van der Waals surface area (Å²) in [6, 6.07) is 7.04. The van der Waals surface area contributed by atoms with E-state index in [0.717, 1.165) is 5.56 Å². The number of amides is 1. The van der Waals surface area contributed by atoms with Gasteiger partial charge in [-0.05, 0) is 17.7 Å². The van der Waals surface area contributed by atoms with E-state index < -0.39 is 5.91 Å². The highest BCUT2D eigenvalue weighted by Crippen LogP contribution is 2.05. The third-order valence-corrected chi connectivity index (χ3v) is 1.64. The maximum Gasteiger partial charge on any atom is 0.248 e. The van der Waals surface area contributed by atoms with E-state index in [1.54, 1.807) is 12.1 Å². The summed E-state index contributed by atoms with van der Waals surface area (Å²) >= 11 is 0. The highest BCUT2D eigenvalue weighted by atomic mass is 16.1. The van der Waals surface area contributed by atoms with Gasteiger partial charge in [0.15, 0.2) is 0 Å². The second-order valence-corrected chi connectivity index (χ2v) is 2.62. The summed E-state index contributed by atoms with van der Waals surface area (Å²) in [6.45, 7) is 0.511. The Morgan fingerprint density at radius 2 is 1.92 bits per heavy atom. The topological polar surface area (TPSA) is 69.1 Å². The molecule has 1 amide bonds. The van der Waals surface area contributed by atoms with Gasteiger partial charge in [-0.15, -0.1) is 0 Å². The van der Waals surface area contributed by atoms with Gasteiger partial charge >= 0.3 is 0 Å². The van der Waals surface area contributed by atoms with Gasteiger partial charge in [-0.2, -0.15) is 0 Å². The van der Waals surface area contributed by atoms with E-state index in [-0.39, 0.29) is 0 Å². The Morgan fingerprint density at radius 1 is 1.31 bits per heavy atom. The molecule has 0 heterocycles. The van der Waals surface area contributed by atoms with E-state index in [4.69, 9.17) is 11.5 Å². The molecule has 1 aromatic rings. The molecule has 0 aliphatic rings. The molecular weight excluding hydrogens is 164 g/mol. The van der Waals surface area contributed by atoms with Gasteiger partial charge in [-0.25, -0.2) is 0 Å². The summed E-state index contributed by atoms with van der Waals surface area (Å²) < 4.78 is 0. The lowest BCUT2D eigenvalue weighted by Crippen LogP contribution is -2.10. The highest BCUT2D eigenvalue weighted by Gasteiger charge is 1.97. The fraction of sp³-hybridized carbons (Fsp3) is 0.100. The fourth-order valence-electron chi connectivity index (χ4n) is 0.963. The van der Waals surface area contributed by atoms with E-state index in [9.17, 15) is 4.79 Å². The summed E-state index contributed by atoms with van der Waals surface area (Å²) in [4.78, 5) is 10.7. The van der Waals surface area contributed by atoms with E-state index in [1.165, 1.54) is 0 Å². The van der Waals surface area contributed by atoms with Crippen LogP contribution < -0.4 is 11.5 Å². The van der Waals surface area contributed by atoms with Crippen molar-refractivity contribution in [2.75, 3.05) is 6.54 Å². The minimum atomic E-state index is -0.408. The molecule has 3 heteroatoms. The molecule has 0 aliphatic carbocycles. The van der Waals surface area contributed by atoms with Crippen LogP contribution in [0.4, 0.5) is 0 Å². The number of carbonyl (C=O) groups is 1. The molecule has 1 rings (SSSR count). The number of nitrogens with two attached hydrogens (primary N) is 2. The molecular formula is C10H12N2O. The third-order valence-electron chi connectivity index (χ3n) is 1.64. The first-order chi connectivity index (χ1) is 6.24. The van der Waals surface area contributed by atoms with Gasteiger partial charge in [-0.1, -0.05) is 24.3 Å². The summed E-state index contributed by atoms with van der Waals surface area (Å²) in [7, 11) is 0. The number of hydrogen-bond acceptors (Lipinski definition) is 2. The van der Waals surface area contributed by atoms with Crippen LogP contribution in [0.15, 0.2) is 30.3 Å². The molecule has 0 aromatic heterocycles. The van der Waals surface area contributed by atoms with Crippen molar-refractivity contribution in [3.63, 3.8) is 0 Å². The molecule has 0 radical (unpaired) electrons. The van der Waals surface area contributed by atoms with Crippen LogP contribution in [-0.2, 0) is 0 Å². The van der Waals surface area contributed by atoms with Crippen molar-refractivity contribution >= 4 is 12.0 Å². The highest BCUT2D eigenvalue weighted by molar-refractivity contribution is 5.92. The van der Waals surface area contributed by atoms with Gasteiger partial charge in [0.05, 0.1) is 0 Å². The lowest BCUT2D eigenvalue weighted by atomic mass is 10.1. The molecule has 13 heavy (non-hydrogen) atoms. The molecule has 0 saturated heterocycles. The average Bonchev–Trinajstić information content (AvgIpc) is 2.15. The van der Waals surface area contributed by atoms with Gasteiger partial charge in [0.1, 0.15) is 0 Å². The van der Waals surface area contributed by atoms with Crippen molar-refractivity contribution in [3.05, 3.63) is 41.5 Å². The van der Waals surface area contributed by atoms with E-state index in [0.29, 0.717) is 12.1 Å². The minimum absolute atomic E-state index is 0.408. The Kier molecular flexibility index (Phi) is 3.23. The molecule has 0 atom stereocenters. The second-order valence-electron chi connectivity index (χ2n) is 2.62. The Morgan fingerprint density at radius 3 is 2.38 bits per heavy atom. The standard InChI is InChI=1S/C10H12N2O/c11-7-1-2-8-3-5-9(6-4-8)10(12)13/h1-6H,7,11H2,(H2,12,13). The zero-order valence-corrected chi connectivity index (χ0v) is 7.23. The summed E-state index contributed by atoms with van der Waals surface area (Å²) in [5, 5.41) is 0. The molecule has 0 aliphatic heterocycles. The molecule has 3 nitrogen and oxygen atoms in total. The summed E-state index contributed by atoms with van der Waals surface area (Å²) in [6.07, 6.45) is 3.74. The normalized spacial score (nSPS) is 10.5. The Balaban J connectivity index is 2.81. The number of carbonyl (C=O) groups excluding carboxylic acids is 1. The third kappa shape index (κ3) is 2.72. The number of benzene rings is 1. The van der Waals surface area contributed by atoms with Crippen LogP contribution >= 0.6 is 0 Å². The van der Waals surface area contributed by atoms with Crippen LogP contribution in [0, 0.1) is 0 Å². The van der Waals surface area contributed by atoms with Crippen LogP contribution in [0.25, 0.3) is 6.08 Å². The SMILES string of the molecule is NCC=Cc1ccc(C(N)=O)cc1. The van der Waals surface area contributed by atoms with Crippen LogP contribution in [0.3, 0.4) is 0 Å². The molecule has 0 fully saturated rings. The predicted molar refractivity (Wildman–Crippen MR) is 53.0 cm³/mol. The molecule has 0 unspecified atom stereocenters. The maximum atomic E-state index is 10.7. The first-order valence-corrected chi connectivity index (χ1v) is 4.00. The van der Waals surface area contributed by atoms with E-state index >= 15 is 0 Å². The van der Waals surface area contributed by atoms with Crippen molar-refractivity contribution in [2.24, 2.45) is 11.5 Å². The molecule has 0 bridgehead atoms. The smallest absolute Gasteiger partial charge is 0.248 e. The summed E-state index contributed by atoms with van der Waals surface area (Å²) in [5.74, 6) is -0.408. The van der Waals surface area contributed by atoms with Crippen LogP contribution in [-0.4, -0.2) is 12.5 Å². The van der Waals surface area contributed by atoms with Crippen molar-refractivity contribution in [2.45, 2.75) is 0 Å². The largest absolute Gasteiger partial charge is 0.366 e. The van der Waals surface area contributed by atoms with Crippen LogP contribution in [0.5, 0.6) is 0 Å². The van der Waals surface area contributed by atoms with Crippen LogP contribution in [0.2, 0.25) is 0 Å². The van der Waals surface area contributed by atoms with Gasteiger partial charge < -0.3 is 11.5 Å². The zero-order valence-electron chi connectivity index (χ0n) is 7.23. The van der Waals surface area contributed by atoms with Crippen LogP contribution in [0.1, 0.15) is 15.9 Å². The zero-order chi connectivity index (χ0) is 9.68. The molecule has 68 valence electrons. The molecule has 1 aromatic carbocycles. The maximum absolute atomic E-state index is 10.7. The first-order valence-electron chi connectivity index (χ1n) is 4.00. The van der Waals surface area contributed by atoms with Crippen molar-refractivity contribution in [3.8, 4) is 0 Å². The second kappa shape index (κ2) is 4.42. The Labute approximate surface area is 77.0 Å². The van der Waals surface area contributed by atoms with Crippen molar-refractivity contribution in [1.29, 1.82) is 0 Å². The van der Waals surface area contributed by atoms with Gasteiger partial charge in [0.25, 0.3) is 0 Å². The number of primary amides is 1. The van der Waals surface area contributed by atoms with Crippen molar-refractivity contribution < 1.29 is 4.79 Å². The Bertz CT molecular complexity index is 314. The van der Waals surface area contributed by atoms with E-state index in [2.05, 4.69) is 0 Å². The quantitative estimate of drug-likeness (QED) is 0.713. The molecule has 0 saturated carbocycles.